The lowest BCUT2D eigenvalue weighted by atomic mass is 9.96. The summed E-state index contributed by atoms with van der Waals surface area (Å²) in [5.41, 5.74) is 0.883. The smallest absolute Gasteiger partial charge is 0.310 e. The molecule has 1 aliphatic rings. The van der Waals surface area contributed by atoms with E-state index in [1.54, 1.807) is 0 Å². The maximum absolute atomic E-state index is 12.1. The first kappa shape index (κ1) is 14.5. The van der Waals surface area contributed by atoms with Gasteiger partial charge in [-0.25, -0.2) is 0 Å². The van der Waals surface area contributed by atoms with Gasteiger partial charge in [-0.2, -0.15) is 0 Å². The Morgan fingerprint density at radius 2 is 1.75 bits per heavy atom. The standard InChI is InChI=1S/C15H18O5/c1-19-14(17)12-7-11(16)8-13(12)15(18)20-9-10-5-3-2-4-6-10/h2-6,11-13,16H,7-9H2,1H3/t11?,12-,13-/m1/s1. The van der Waals surface area contributed by atoms with Crippen LogP contribution in [0.15, 0.2) is 30.3 Å². The van der Waals surface area contributed by atoms with Crippen LogP contribution in [0.3, 0.4) is 0 Å². The summed E-state index contributed by atoms with van der Waals surface area (Å²) in [4.78, 5) is 23.7. The largest absolute Gasteiger partial charge is 0.469 e. The van der Waals surface area contributed by atoms with E-state index in [2.05, 4.69) is 4.74 Å². The predicted octanol–water partition coefficient (Wildman–Crippen LogP) is 1.29. The maximum atomic E-state index is 12.1. The number of rotatable bonds is 4. The van der Waals surface area contributed by atoms with E-state index in [0.717, 1.165) is 5.56 Å². The minimum Gasteiger partial charge on any atom is -0.469 e. The fourth-order valence-corrected chi connectivity index (χ4v) is 2.52. The molecule has 1 aromatic carbocycles. The van der Waals surface area contributed by atoms with Crippen molar-refractivity contribution < 1.29 is 24.2 Å². The molecule has 2 rings (SSSR count). The topological polar surface area (TPSA) is 72.8 Å². The van der Waals surface area contributed by atoms with Gasteiger partial charge in [-0.1, -0.05) is 30.3 Å². The number of aliphatic hydroxyl groups is 1. The number of esters is 2. The number of hydrogen-bond acceptors (Lipinski definition) is 5. The first-order valence-corrected chi connectivity index (χ1v) is 6.58. The molecule has 0 bridgehead atoms. The lowest BCUT2D eigenvalue weighted by molar-refractivity contribution is -0.158. The van der Waals surface area contributed by atoms with Crippen LogP contribution in [0.2, 0.25) is 0 Å². The SMILES string of the molecule is COC(=O)[C@@H]1CC(O)C[C@H]1C(=O)OCc1ccccc1. The van der Waals surface area contributed by atoms with Crippen LogP contribution in [0.5, 0.6) is 0 Å². The first-order valence-electron chi connectivity index (χ1n) is 6.58. The number of benzene rings is 1. The molecule has 1 aliphatic carbocycles. The van der Waals surface area contributed by atoms with Gasteiger partial charge in [-0.15, -0.1) is 0 Å². The third-order valence-corrected chi connectivity index (χ3v) is 3.57. The highest BCUT2D eigenvalue weighted by Gasteiger charge is 2.43. The molecule has 1 aromatic rings. The predicted molar refractivity (Wildman–Crippen MR) is 70.5 cm³/mol. The first-order chi connectivity index (χ1) is 9.61. The van der Waals surface area contributed by atoms with Gasteiger partial charge in [0.15, 0.2) is 0 Å². The second-order valence-electron chi connectivity index (χ2n) is 4.95. The van der Waals surface area contributed by atoms with Gasteiger partial charge in [-0.05, 0) is 18.4 Å². The highest BCUT2D eigenvalue weighted by atomic mass is 16.5. The summed E-state index contributed by atoms with van der Waals surface area (Å²) < 4.78 is 9.90. The van der Waals surface area contributed by atoms with Gasteiger partial charge in [-0.3, -0.25) is 9.59 Å². The van der Waals surface area contributed by atoms with Crippen molar-refractivity contribution >= 4 is 11.9 Å². The zero-order valence-corrected chi connectivity index (χ0v) is 11.3. The fraction of sp³-hybridized carbons (Fsp3) is 0.467. The van der Waals surface area contributed by atoms with E-state index in [1.807, 2.05) is 30.3 Å². The van der Waals surface area contributed by atoms with Gasteiger partial charge in [0.1, 0.15) is 6.61 Å². The highest BCUT2D eigenvalue weighted by Crippen LogP contribution is 2.34. The van der Waals surface area contributed by atoms with E-state index in [1.165, 1.54) is 7.11 Å². The summed E-state index contributed by atoms with van der Waals surface area (Å²) in [6, 6.07) is 9.31. The Morgan fingerprint density at radius 1 is 1.15 bits per heavy atom. The molecule has 20 heavy (non-hydrogen) atoms. The van der Waals surface area contributed by atoms with E-state index in [9.17, 15) is 14.7 Å². The van der Waals surface area contributed by atoms with Gasteiger partial charge < -0.3 is 14.6 Å². The van der Waals surface area contributed by atoms with E-state index in [-0.39, 0.29) is 19.4 Å². The van der Waals surface area contributed by atoms with Crippen molar-refractivity contribution in [1.82, 2.24) is 0 Å². The molecule has 1 unspecified atom stereocenters. The van der Waals surface area contributed by atoms with E-state index < -0.39 is 29.9 Å². The Hall–Kier alpha value is -1.88. The molecule has 0 saturated heterocycles. The number of ether oxygens (including phenoxy) is 2. The van der Waals surface area contributed by atoms with Crippen LogP contribution < -0.4 is 0 Å². The third kappa shape index (κ3) is 3.36. The second kappa shape index (κ2) is 6.52. The number of hydrogen-bond donors (Lipinski definition) is 1. The van der Waals surface area contributed by atoms with Crippen LogP contribution in [0.4, 0.5) is 0 Å². The van der Waals surface area contributed by atoms with E-state index >= 15 is 0 Å². The van der Waals surface area contributed by atoms with Crippen LogP contribution in [-0.2, 0) is 25.7 Å². The number of methoxy groups -OCH3 is 1. The summed E-state index contributed by atoms with van der Waals surface area (Å²) >= 11 is 0. The molecule has 1 N–H and O–H groups in total. The van der Waals surface area contributed by atoms with E-state index in [4.69, 9.17) is 4.74 Å². The molecular formula is C15H18O5. The van der Waals surface area contributed by atoms with Crippen molar-refractivity contribution in [3.63, 3.8) is 0 Å². The summed E-state index contributed by atoms with van der Waals surface area (Å²) in [5.74, 6) is -2.16. The molecule has 5 nitrogen and oxygen atoms in total. The van der Waals surface area contributed by atoms with E-state index in [0.29, 0.717) is 0 Å². The monoisotopic (exact) mass is 278 g/mol. The molecule has 5 heteroatoms. The summed E-state index contributed by atoms with van der Waals surface area (Å²) in [6.07, 6.45) is -0.168. The molecule has 1 fully saturated rings. The van der Waals surface area contributed by atoms with Crippen LogP contribution >= 0.6 is 0 Å². The van der Waals surface area contributed by atoms with Gasteiger partial charge in [0.2, 0.25) is 0 Å². The quantitative estimate of drug-likeness (QED) is 0.840. The maximum Gasteiger partial charge on any atom is 0.310 e. The molecular weight excluding hydrogens is 260 g/mol. The zero-order chi connectivity index (χ0) is 14.5. The molecule has 0 aliphatic heterocycles. The normalized spacial score (nSPS) is 25.2. The van der Waals surface area contributed by atoms with Crippen molar-refractivity contribution in [1.29, 1.82) is 0 Å². The lowest BCUT2D eigenvalue weighted by Crippen LogP contribution is -2.27. The van der Waals surface area contributed by atoms with Gasteiger partial charge in [0.05, 0.1) is 25.0 Å². The molecule has 108 valence electrons. The second-order valence-corrected chi connectivity index (χ2v) is 4.95. The third-order valence-electron chi connectivity index (χ3n) is 3.57. The van der Waals surface area contributed by atoms with Gasteiger partial charge >= 0.3 is 11.9 Å². The average Bonchev–Trinajstić information content (AvgIpc) is 2.87. The molecule has 1 saturated carbocycles. The Bertz CT molecular complexity index is 470. The molecule has 0 aromatic heterocycles. The number of aliphatic hydroxyl groups excluding tert-OH is 1. The van der Waals surface area contributed by atoms with Crippen molar-refractivity contribution in [2.45, 2.75) is 25.6 Å². The van der Waals surface area contributed by atoms with Crippen LogP contribution in [0, 0.1) is 11.8 Å². The van der Waals surface area contributed by atoms with Crippen LogP contribution in [0.25, 0.3) is 0 Å². The van der Waals surface area contributed by atoms with Gasteiger partial charge in [0, 0.05) is 0 Å². The summed E-state index contributed by atoms with van der Waals surface area (Å²) in [7, 11) is 1.28. The molecule has 0 amide bonds. The van der Waals surface area contributed by atoms with Crippen molar-refractivity contribution in [3.05, 3.63) is 35.9 Å². The molecule has 0 radical (unpaired) electrons. The Morgan fingerprint density at radius 3 is 2.35 bits per heavy atom. The molecule has 0 heterocycles. The Kier molecular flexibility index (Phi) is 4.74. The summed E-state index contributed by atoms with van der Waals surface area (Å²) in [5, 5.41) is 9.63. The van der Waals surface area contributed by atoms with Crippen molar-refractivity contribution in [2.75, 3.05) is 7.11 Å². The van der Waals surface area contributed by atoms with Crippen LogP contribution in [0.1, 0.15) is 18.4 Å². The zero-order valence-electron chi connectivity index (χ0n) is 11.3. The number of carbonyl (C=O) groups excluding carboxylic acids is 2. The molecule has 3 atom stereocenters. The van der Waals surface area contributed by atoms with Crippen molar-refractivity contribution in [3.8, 4) is 0 Å². The fourth-order valence-electron chi connectivity index (χ4n) is 2.52. The van der Waals surface area contributed by atoms with Crippen molar-refractivity contribution in [2.24, 2.45) is 11.8 Å². The highest BCUT2D eigenvalue weighted by molar-refractivity contribution is 5.82. The Labute approximate surface area is 117 Å². The minimum absolute atomic E-state index is 0.167. The molecule has 0 spiro atoms. The van der Waals surface area contributed by atoms with Crippen LogP contribution in [-0.4, -0.2) is 30.3 Å². The summed E-state index contributed by atoms with van der Waals surface area (Å²) in [6.45, 7) is 0.167. The minimum atomic E-state index is -0.659. The number of carbonyl (C=O) groups is 2. The average molecular weight is 278 g/mol. The Balaban J connectivity index is 1.95. The lowest BCUT2D eigenvalue weighted by Gasteiger charge is -2.15. The van der Waals surface area contributed by atoms with Gasteiger partial charge in [0.25, 0.3) is 0 Å².